The summed E-state index contributed by atoms with van der Waals surface area (Å²) in [6.45, 7) is 2.08. The third kappa shape index (κ3) is 5.43. The summed E-state index contributed by atoms with van der Waals surface area (Å²) in [5.41, 5.74) is 2.04. The van der Waals surface area contributed by atoms with E-state index in [0.29, 0.717) is 18.7 Å². The molecule has 0 bridgehead atoms. The van der Waals surface area contributed by atoms with E-state index in [4.69, 9.17) is 9.84 Å². The van der Waals surface area contributed by atoms with Crippen LogP contribution in [0.15, 0.2) is 54.6 Å². The molecule has 0 spiro atoms. The van der Waals surface area contributed by atoms with Crippen LogP contribution < -0.4 is 10.1 Å². The first kappa shape index (κ1) is 17.5. The Morgan fingerprint density at radius 2 is 1.75 bits per heavy atom. The molecule has 0 aliphatic carbocycles. The van der Waals surface area contributed by atoms with E-state index in [9.17, 15) is 9.59 Å². The van der Waals surface area contributed by atoms with Gasteiger partial charge >= 0.3 is 5.97 Å². The fourth-order valence-electron chi connectivity index (χ4n) is 2.27. The van der Waals surface area contributed by atoms with Crippen molar-refractivity contribution in [2.24, 2.45) is 0 Å². The Morgan fingerprint density at radius 3 is 2.38 bits per heavy atom. The summed E-state index contributed by atoms with van der Waals surface area (Å²) < 4.78 is 5.08. The first-order valence-electron chi connectivity index (χ1n) is 7.82. The maximum atomic E-state index is 12.2. The molecule has 0 saturated carbocycles. The molecular formula is C19H21NO4. The van der Waals surface area contributed by atoms with Crippen molar-refractivity contribution in [1.82, 2.24) is 5.32 Å². The smallest absolute Gasteiger partial charge is 0.341 e. The van der Waals surface area contributed by atoms with Gasteiger partial charge in [-0.3, -0.25) is 4.79 Å². The predicted octanol–water partition coefficient (Wildman–Crippen LogP) is 2.61. The van der Waals surface area contributed by atoms with Crippen LogP contribution in [0, 0.1) is 0 Å². The zero-order valence-corrected chi connectivity index (χ0v) is 13.6. The lowest BCUT2D eigenvalue weighted by Gasteiger charge is -2.12. The van der Waals surface area contributed by atoms with Crippen LogP contribution in [0.5, 0.6) is 5.75 Å². The van der Waals surface area contributed by atoms with Crippen molar-refractivity contribution in [2.75, 3.05) is 13.2 Å². The van der Waals surface area contributed by atoms with E-state index < -0.39 is 5.97 Å². The molecular weight excluding hydrogens is 306 g/mol. The van der Waals surface area contributed by atoms with Crippen LogP contribution in [-0.4, -0.2) is 30.1 Å². The van der Waals surface area contributed by atoms with Gasteiger partial charge in [-0.1, -0.05) is 42.5 Å². The Morgan fingerprint density at radius 1 is 1.08 bits per heavy atom. The predicted molar refractivity (Wildman–Crippen MR) is 91.1 cm³/mol. The van der Waals surface area contributed by atoms with Crippen LogP contribution in [0.25, 0.3) is 0 Å². The molecule has 0 aliphatic rings. The highest BCUT2D eigenvalue weighted by Crippen LogP contribution is 2.15. The molecule has 1 atom stereocenters. The summed E-state index contributed by atoms with van der Waals surface area (Å²) in [5, 5.41) is 11.5. The molecule has 0 aromatic heterocycles. The lowest BCUT2D eigenvalue weighted by molar-refractivity contribution is -0.139. The number of carbonyl (C=O) groups is 2. The minimum atomic E-state index is -1.01. The number of nitrogens with one attached hydrogen (secondary N) is 1. The van der Waals surface area contributed by atoms with Gasteiger partial charge in [0.1, 0.15) is 5.75 Å². The second kappa shape index (κ2) is 8.72. The van der Waals surface area contributed by atoms with Crippen LogP contribution in [0.1, 0.15) is 24.0 Å². The van der Waals surface area contributed by atoms with Crippen LogP contribution in [0.4, 0.5) is 0 Å². The SMILES string of the molecule is C[C@H](C(=O)NCCc1ccc(OCC(=O)O)cc1)c1ccccc1. The van der Waals surface area contributed by atoms with Gasteiger partial charge in [-0.2, -0.15) is 0 Å². The number of hydrogen-bond acceptors (Lipinski definition) is 3. The molecule has 2 N–H and O–H groups in total. The zero-order valence-electron chi connectivity index (χ0n) is 13.6. The third-order valence-corrected chi connectivity index (χ3v) is 3.69. The molecule has 126 valence electrons. The Hall–Kier alpha value is -2.82. The fourth-order valence-corrected chi connectivity index (χ4v) is 2.27. The van der Waals surface area contributed by atoms with Crippen molar-refractivity contribution >= 4 is 11.9 Å². The number of rotatable bonds is 8. The van der Waals surface area contributed by atoms with E-state index >= 15 is 0 Å². The maximum Gasteiger partial charge on any atom is 0.341 e. The summed E-state index contributed by atoms with van der Waals surface area (Å²) in [4.78, 5) is 22.6. The van der Waals surface area contributed by atoms with Gasteiger partial charge < -0.3 is 15.2 Å². The van der Waals surface area contributed by atoms with E-state index in [1.54, 1.807) is 12.1 Å². The van der Waals surface area contributed by atoms with Crippen molar-refractivity contribution < 1.29 is 19.4 Å². The topological polar surface area (TPSA) is 75.6 Å². The molecule has 24 heavy (non-hydrogen) atoms. The number of carbonyl (C=O) groups excluding carboxylic acids is 1. The molecule has 1 amide bonds. The Balaban J connectivity index is 1.77. The monoisotopic (exact) mass is 327 g/mol. The van der Waals surface area contributed by atoms with Crippen molar-refractivity contribution in [3.8, 4) is 5.75 Å². The number of aliphatic carboxylic acids is 1. The average molecular weight is 327 g/mol. The Kier molecular flexibility index (Phi) is 6.37. The molecule has 0 radical (unpaired) electrons. The summed E-state index contributed by atoms with van der Waals surface area (Å²) in [6.07, 6.45) is 0.701. The zero-order chi connectivity index (χ0) is 17.4. The highest BCUT2D eigenvalue weighted by Gasteiger charge is 2.13. The molecule has 2 aromatic rings. The highest BCUT2D eigenvalue weighted by atomic mass is 16.5. The number of amides is 1. The summed E-state index contributed by atoms with van der Waals surface area (Å²) in [6, 6.07) is 16.9. The number of hydrogen-bond donors (Lipinski definition) is 2. The van der Waals surface area contributed by atoms with Crippen LogP contribution >= 0.6 is 0 Å². The quantitative estimate of drug-likeness (QED) is 0.781. The van der Waals surface area contributed by atoms with E-state index in [1.165, 1.54) is 0 Å². The van der Waals surface area contributed by atoms with Gasteiger partial charge in [0.2, 0.25) is 5.91 Å². The number of carboxylic acids is 1. The van der Waals surface area contributed by atoms with Gasteiger partial charge in [0, 0.05) is 6.54 Å². The van der Waals surface area contributed by atoms with Crippen LogP contribution in [0.3, 0.4) is 0 Å². The first-order chi connectivity index (χ1) is 11.6. The molecule has 0 aliphatic heterocycles. The van der Waals surface area contributed by atoms with Gasteiger partial charge in [-0.25, -0.2) is 4.79 Å². The minimum absolute atomic E-state index is 0.00242. The fraction of sp³-hybridized carbons (Fsp3) is 0.263. The maximum absolute atomic E-state index is 12.2. The van der Waals surface area contributed by atoms with Crippen molar-refractivity contribution in [3.05, 3.63) is 65.7 Å². The number of ether oxygens (including phenoxy) is 1. The highest BCUT2D eigenvalue weighted by molar-refractivity contribution is 5.83. The minimum Gasteiger partial charge on any atom is -0.482 e. The molecule has 5 nitrogen and oxygen atoms in total. The van der Waals surface area contributed by atoms with Gasteiger partial charge in [0.25, 0.3) is 0 Å². The van der Waals surface area contributed by atoms with Crippen molar-refractivity contribution in [2.45, 2.75) is 19.3 Å². The number of benzene rings is 2. The van der Waals surface area contributed by atoms with Crippen molar-refractivity contribution in [1.29, 1.82) is 0 Å². The summed E-state index contributed by atoms with van der Waals surface area (Å²) in [7, 11) is 0. The van der Waals surface area contributed by atoms with E-state index in [2.05, 4.69) is 5.32 Å². The van der Waals surface area contributed by atoms with Crippen molar-refractivity contribution in [3.63, 3.8) is 0 Å². The molecule has 2 rings (SSSR count). The van der Waals surface area contributed by atoms with E-state index in [-0.39, 0.29) is 18.4 Å². The standard InChI is InChI=1S/C19H21NO4/c1-14(16-5-3-2-4-6-16)19(23)20-12-11-15-7-9-17(10-8-15)24-13-18(21)22/h2-10,14H,11-13H2,1H3,(H,20,23)(H,21,22)/t14-/m0/s1. The molecule has 2 aromatic carbocycles. The normalized spacial score (nSPS) is 11.5. The summed E-state index contributed by atoms with van der Waals surface area (Å²) >= 11 is 0. The van der Waals surface area contributed by atoms with Crippen LogP contribution in [-0.2, 0) is 16.0 Å². The molecule has 0 saturated heterocycles. The Bertz CT molecular complexity index is 668. The van der Waals surface area contributed by atoms with Gasteiger partial charge in [-0.15, -0.1) is 0 Å². The van der Waals surface area contributed by atoms with E-state index in [1.807, 2.05) is 49.4 Å². The summed E-state index contributed by atoms with van der Waals surface area (Å²) in [5.74, 6) is -0.669. The second-order valence-electron chi connectivity index (χ2n) is 5.50. The molecule has 0 unspecified atom stereocenters. The lowest BCUT2D eigenvalue weighted by Crippen LogP contribution is -2.29. The Labute approximate surface area is 141 Å². The van der Waals surface area contributed by atoms with Crippen LogP contribution in [0.2, 0.25) is 0 Å². The average Bonchev–Trinajstić information content (AvgIpc) is 2.61. The third-order valence-electron chi connectivity index (χ3n) is 3.69. The number of carboxylic acid groups (broad SMARTS) is 1. The lowest BCUT2D eigenvalue weighted by atomic mass is 10.0. The largest absolute Gasteiger partial charge is 0.482 e. The van der Waals surface area contributed by atoms with Gasteiger partial charge in [0.15, 0.2) is 6.61 Å². The van der Waals surface area contributed by atoms with E-state index in [0.717, 1.165) is 11.1 Å². The van der Waals surface area contributed by atoms with Gasteiger partial charge in [0.05, 0.1) is 5.92 Å². The first-order valence-corrected chi connectivity index (χ1v) is 7.82. The second-order valence-corrected chi connectivity index (χ2v) is 5.50. The molecule has 0 heterocycles. The molecule has 5 heteroatoms. The molecule has 0 fully saturated rings. The van der Waals surface area contributed by atoms with Gasteiger partial charge in [-0.05, 0) is 36.6 Å².